The smallest absolute Gasteiger partial charge is 0.407 e. The van der Waals surface area contributed by atoms with Crippen LogP contribution in [0.15, 0.2) is 77.5 Å². The Kier molecular flexibility index (Phi) is 6.14. The van der Waals surface area contributed by atoms with Gasteiger partial charge in [0.05, 0.1) is 12.0 Å². The summed E-state index contributed by atoms with van der Waals surface area (Å²) in [5.41, 5.74) is 3.12. The second kappa shape index (κ2) is 9.13. The standard InChI is InChI=1S/C24H24N2O3S/c1-17(25-24(28)29-15-19-10-6-3-7-11-19)21-22(20-12-13-30-16-20)26(23(21)27)14-18-8-4-2-5-9-18/h2-13,16-17,21-22H,14-15H2,1H3,(H,25,28)/t17-,21+,22+/m0/s1. The van der Waals surface area contributed by atoms with Gasteiger partial charge >= 0.3 is 6.09 Å². The van der Waals surface area contributed by atoms with E-state index in [4.69, 9.17) is 4.74 Å². The highest BCUT2D eigenvalue weighted by Crippen LogP contribution is 2.43. The van der Waals surface area contributed by atoms with Gasteiger partial charge in [0.2, 0.25) is 5.91 Å². The number of likely N-dealkylation sites (tertiary alicyclic amines) is 1. The maximum atomic E-state index is 13.0. The predicted molar refractivity (Wildman–Crippen MR) is 117 cm³/mol. The zero-order valence-corrected chi connectivity index (χ0v) is 17.5. The van der Waals surface area contributed by atoms with Gasteiger partial charge in [-0.15, -0.1) is 0 Å². The maximum Gasteiger partial charge on any atom is 0.407 e. The van der Waals surface area contributed by atoms with Gasteiger partial charge in [0.15, 0.2) is 0 Å². The average molecular weight is 421 g/mol. The van der Waals surface area contributed by atoms with Crippen molar-refractivity contribution in [2.45, 2.75) is 32.2 Å². The summed E-state index contributed by atoms with van der Waals surface area (Å²) in [6.07, 6.45) is -0.510. The quantitative estimate of drug-likeness (QED) is 0.561. The number of hydrogen-bond donors (Lipinski definition) is 1. The van der Waals surface area contributed by atoms with Crippen LogP contribution in [-0.2, 0) is 22.7 Å². The van der Waals surface area contributed by atoms with Gasteiger partial charge in [0.1, 0.15) is 6.61 Å². The Balaban J connectivity index is 1.41. The van der Waals surface area contributed by atoms with Crippen LogP contribution >= 0.6 is 11.3 Å². The fourth-order valence-corrected chi connectivity index (χ4v) is 4.58. The molecule has 2 aromatic carbocycles. The minimum atomic E-state index is -0.510. The van der Waals surface area contributed by atoms with Crippen molar-refractivity contribution in [1.29, 1.82) is 0 Å². The van der Waals surface area contributed by atoms with Crippen molar-refractivity contribution in [3.8, 4) is 0 Å². The third-order valence-electron chi connectivity index (χ3n) is 5.42. The molecule has 3 aromatic rings. The molecule has 1 aliphatic heterocycles. The van der Waals surface area contributed by atoms with E-state index < -0.39 is 6.09 Å². The number of carbonyl (C=O) groups excluding carboxylic acids is 2. The fraction of sp³-hybridized carbons (Fsp3) is 0.250. The molecule has 154 valence electrons. The normalized spacial score (nSPS) is 19.1. The van der Waals surface area contributed by atoms with Gasteiger partial charge in [-0.25, -0.2) is 4.79 Å². The number of nitrogens with one attached hydrogen (secondary N) is 1. The monoisotopic (exact) mass is 420 g/mol. The lowest BCUT2D eigenvalue weighted by Crippen LogP contribution is -2.61. The van der Waals surface area contributed by atoms with E-state index in [1.807, 2.05) is 83.9 Å². The van der Waals surface area contributed by atoms with Crippen LogP contribution < -0.4 is 5.32 Å². The van der Waals surface area contributed by atoms with Crippen LogP contribution in [-0.4, -0.2) is 22.9 Å². The molecular weight excluding hydrogens is 396 g/mol. The third kappa shape index (κ3) is 4.39. The molecule has 30 heavy (non-hydrogen) atoms. The van der Waals surface area contributed by atoms with Gasteiger partial charge in [0, 0.05) is 12.6 Å². The van der Waals surface area contributed by atoms with Crippen LogP contribution in [0.5, 0.6) is 0 Å². The van der Waals surface area contributed by atoms with Gasteiger partial charge in [0.25, 0.3) is 0 Å². The maximum absolute atomic E-state index is 13.0. The molecule has 2 heterocycles. The van der Waals surface area contributed by atoms with Crippen LogP contribution in [0.2, 0.25) is 0 Å². The number of hydrogen-bond acceptors (Lipinski definition) is 4. The lowest BCUT2D eigenvalue weighted by Gasteiger charge is -2.49. The fourth-order valence-electron chi connectivity index (χ4n) is 3.89. The summed E-state index contributed by atoms with van der Waals surface area (Å²) < 4.78 is 5.33. The minimum Gasteiger partial charge on any atom is -0.445 e. The highest BCUT2D eigenvalue weighted by Gasteiger charge is 2.51. The van der Waals surface area contributed by atoms with Crippen molar-refractivity contribution in [2.24, 2.45) is 5.92 Å². The zero-order chi connectivity index (χ0) is 20.9. The Morgan fingerprint density at radius 1 is 1.07 bits per heavy atom. The first-order valence-electron chi connectivity index (χ1n) is 9.97. The van der Waals surface area contributed by atoms with E-state index in [0.29, 0.717) is 6.54 Å². The zero-order valence-electron chi connectivity index (χ0n) is 16.7. The molecule has 0 spiro atoms. The summed E-state index contributed by atoms with van der Waals surface area (Å²) in [5, 5.41) is 6.94. The molecule has 2 amide bonds. The summed E-state index contributed by atoms with van der Waals surface area (Å²) in [6, 6.07) is 21.1. The van der Waals surface area contributed by atoms with Gasteiger partial charge in [-0.05, 0) is 40.4 Å². The lowest BCUT2D eigenvalue weighted by atomic mass is 9.78. The number of amides is 2. The average Bonchev–Trinajstić information content (AvgIpc) is 3.29. The molecule has 0 unspecified atom stereocenters. The van der Waals surface area contributed by atoms with Crippen molar-refractivity contribution in [3.05, 3.63) is 94.2 Å². The van der Waals surface area contributed by atoms with E-state index in [2.05, 4.69) is 10.7 Å². The van der Waals surface area contributed by atoms with Crippen LogP contribution in [0.3, 0.4) is 0 Å². The molecule has 0 aliphatic carbocycles. The molecule has 1 aliphatic rings. The highest BCUT2D eigenvalue weighted by molar-refractivity contribution is 7.08. The largest absolute Gasteiger partial charge is 0.445 e. The van der Waals surface area contributed by atoms with E-state index in [9.17, 15) is 9.59 Å². The van der Waals surface area contributed by atoms with E-state index in [1.165, 1.54) is 0 Å². The first kappa shape index (κ1) is 20.2. The summed E-state index contributed by atoms with van der Waals surface area (Å²) >= 11 is 1.61. The Morgan fingerprint density at radius 2 is 1.73 bits per heavy atom. The van der Waals surface area contributed by atoms with Gasteiger partial charge in [-0.3, -0.25) is 4.79 Å². The molecule has 6 heteroatoms. The molecule has 4 rings (SSSR count). The number of β-lactam (4-membered cyclic amide) rings is 1. The molecule has 0 saturated carbocycles. The first-order chi connectivity index (χ1) is 14.6. The SMILES string of the molecule is C[C@H](NC(=O)OCc1ccccc1)[C@H]1C(=O)N(Cc2ccccc2)[C@@H]1c1ccsc1. The summed E-state index contributed by atoms with van der Waals surface area (Å²) in [7, 11) is 0. The Morgan fingerprint density at radius 3 is 2.37 bits per heavy atom. The number of ether oxygens (including phenoxy) is 1. The first-order valence-corrected chi connectivity index (χ1v) is 10.9. The van der Waals surface area contributed by atoms with Crippen molar-refractivity contribution in [3.63, 3.8) is 0 Å². The number of alkyl carbamates (subject to hydrolysis) is 1. The molecule has 0 bridgehead atoms. The van der Waals surface area contributed by atoms with E-state index >= 15 is 0 Å². The number of nitrogens with zero attached hydrogens (tertiary/aromatic N) is 1. The van der Waals surface area contributed by atoms with Crippen LogP contribution in [0.25, 0.3) is 0 Å². The van der Waals surface area contributed by atoms with Crippen molar-refractivity contribution in [2.75, 3.05) is 0 Å². The molecule has 0 radical (unpaired) electrons. The van der Waals surface area contributed by atoms with E-state index in [1.54, 1.807) is 11.3 Å². The molecule has 1 N–H and O–H groups in total. The third-order valence-corrected chi connectivity index (χ3v) is 6.12. The molecule has 1 saturated heterocycles. The summed E-state index contributed by atoms with van der Waals surface area (Å²) in [6.45, 7) is 2.62. The molecule has 5 nitrogen and oxygen atoms in total. The molecule has 1 aromatic heterocycles. The van der Waals surface area contributed by atoms with Crippen molar-refractivity contribution in [1.82, 2.24) is 10.2 Å². The highest BCUT2D eigenvalue weighted by atomic mass is 32.1. The molecule has 3 atom stereocenters. The minimum absolute atomic E-state index is 0.0471. The van der Waals surface area contributed by atoms with Crippen LogP contribution in [0.1, 0.15) is 29.7 Å². The van der Waals surface area contributed by atoms with E-state index in [-0.39, 0.29) is 30.5 Å². The van der Waals surface area contributed by atoms with Gasteiger partial charge < -0.3 is 15.0 Å². The van der Waals surface area contributed by atoms with Gasteiger partial charge in [-0.2, -0.15) is 11.3 Å². The lowest BCUT2D eigenvalue weighted by molar-refractivity contribution is -0.160. The Hall–Kier alpha value is -3.12. The van der Waals surface area contributed by atoms with Crippen LogP contribution in [0, 0.1) is 5.92 Å². The summed E-state index contributed by atoms with van der Waals surface area (Å²) in [5.74, 6) is -0.265. The molecule has 1 fully saturated rings. The van der Waals surface area contributed by atoms with Crippen molar-refractivity contribution >= 4 is 23.3 Å². The second-order valence-electron chi connectivity index (χ2n) is 7.47. The topological polar surface area (TPSA) is 58.6 Å². The Bertz CT molecular complexity index is 976. The Labute approximate surface area is 180 Å². The number of carbonyl (C=O) groups is 2. The number of rotatable bonds is 7. The van der Waals surface area contributed by atoms with Gasteiger partial charge in [-0.1, -0.05) is 60.7 Å². The van der Waals surface area contributed by atoms with Crippen molar-refractivity contribution < 1.29 is 14.3 Å². The molecular formula is C24H24N2O3S. The summed E-state index contributed by atoms with van der Waals surface area (Å²) in [4.78, 5) is 27.2. The number of benzene rings is 2. The van der Waals surface area contributed by atoms with Crippen LogP contribution in [0.4, 0.5) is 4.79 Å². The predicted octanol–water partition coefficient (Wildman–Crippen LogP) is 4.76. The second-order valence-corrected chi connectivity index (χ2v) is 8.25. The number of thiophene rings is 1. The van der Waals surface area contributed by atoms with E-state index in [0.717, 1.165) is 16.7 Å².